The zero-order chi connectivity index (χ0) is 20.6. The fourth-order valence-electron chi connectivity index (χ4n) is 4.71. The summed E-state index contributed by atoms with van der Waals surface area (Å²) < 4.78 is 6.14. The standard InChI is InChI=1S/C23H34BrClN2O2/c1-29-17-23(28)27-13-8-18(9-14-27)3-2-10-26-11-6-19(7-12-26)15-20-16-21(25)4-5-22(20)24/h4-5,16,18-19H,2-3,6-15,17H2,1H3. The van der Waals surface area contributed by atoms with Crippen LogP contribution in [0, 0.1) is 11.8 Å². The van der Waals surface area contributed by atoms with Crippen molar-refractivity contribution < 1.29 is 9.53 Å². The summed E-state index contributed by atoms with van der Waals surface area (Å²) in [6.45, 7) is 5.67. The monoisotopic (exact) mass is 484 g/mol. The van der Waals surface area contributed by atoms with Crippen molar-refractivity contribution in [2.75, 3.05) is 46.4 Å². The molecule has 2 aliphatic rings. The first-order valence-electron chi connectivity index (χ1n) is 11.0. The maximum absolute atomic E-state index is 11.9. The number of halogens is 2. The fraction of sp³-hybridized carbons (Fsp3) is 0.696. The number of piperidine rings is 2. The number of likely N-dealkylation sites (tertiary alicyclic amines) is 2. The van der Waals surface area contributed by atoms with E-state index in [2.05, 4.69) is 33.0 Å². The minimum atomic E-state index is 0.138. The average molecular weight is 486 g/mol. The molecule has 2 heterocycles. The molecular weight excluding hydrogens is 452 g/mol. The molecule has 0 N–H and O–H groups in total. The zero-order valence-electron chi connectivity index (χ0n) is 17.5. The van der Waals surface area contributed by atoms with Crippen molar-refractivity contribution in [1.82, 2.24) is 9.80 Å². The number of hydrogen-bond acceptors (Lipinski definition) is 3. The van der Waals surface area contributed by atoms with E-state index in [1.54, 1.807) is 7.11 Å². The highest BCUT2D eigenvalue weighted by molar-refractivity contribution is 9.10. The highest BCUT2D eigenvalue weighted by Gasteiger charge is 2.23. The average Bonchev–Trinajstić information content (AvgIpc) is 2.73. The van der Waals surface area contributed by atoms with Crippen molar-refractivity contribution in [1.29, 1.82) is 0 Å². The summed E-state index contributed by atoms with van der Waals surface area (Å²) in [5.41, 5.74) is 1.34. The molecule has 1 amide bonds. The van der Waals surface area contributed by atoms with Crippen molar-refractivity contribution in [3.05, 3.63) is 33.3 Å². The van der Waals surface area contributed by atoms with Gasteiger partial charge in [0.1, 0.15) is 6.61 Å². The highest BCUT2D eigenvalue weighted by atomic mass is 79.9. The molecule has 2 aliphatic heterocycles. The van der Waals surface area contributed by atoms with E-state index in [1.807, 2.05) is 11.0 Å². The van der Waals surface area contributed by atoms with Crippen LogP contribution in [0.15, 0.2) is 22.7 Å². The van der Waals surface area contributed by atoms with E-state index in [0.29, 0.717) is 0 Å². The van der Waals surface area contributed by atoms with E-state index in [9.17, 15) is 4.79 Å². The van der Waals surface area contributed by atoms with Crippen LogP contribution < -0.4 is 0 Å². The van der Waals surface area contributed by atoms with Crippen LogP contribution in [0.5, 0.6) is 0 Å². The normalized spacial score (nSPS) is 19.6. The van der Waals surface area contributed by atoms with E-state index in [0.717, 1.165) is 49.2 Å². The molecule has 0 atom stereocenters. The molecule has 162 valence electrons. The van der Waals surface area contributed by atoms with Crippen molar-refractivity contribution in [2.24, 2.45) is 11.8 Å². The number of carbonyl (C=O) groups is 1. The fourth-order valence-corrected chi connectivity index (χ4v) is 5.32. The van der Waals surface area contributed by atoms with Gasteiger partial charge in [0.05, 0.1) is 0 Å². The van der Waals surface area contributed by atoms with E-state index in [-0.39, 0.29) is 12.5 Å². The Labute approximate surface area is 189 Å². The predicted molar refractivity (Wildman–Crippen MR) is 122 cm³/mol. The smallest absolute Gasteiger partial charge is 0.248 e. The van der Waals surface area contributed by atoms with Crippen LogP contribution in [-0.4, -0.2) is 62.1 Å². The second-order valence-corrected chi connectivity index (χ2v) is 9.92. The van der Waals surface area contributed by atoms with Crippen molar-refractivity contribution >= 4 is 33.4 Å². The molecule has 0 aromatic heterocycles. The maximum Gasteiger partial charge on any atom is 0.248 e. The Morgan fingerprint density at radius 3 is 2.52 bits per heavy atom. The van der Waals surface area contributed by atoms with Crippen LogP contribution in [-0.2, 0) is 16.0 Å². The lowest BCUT2D eigenvalue weighted by Crippen LogP contribution is -2.40. The molecule has 0 aliphatic carbocycles. The van der Waals surface area contributed by atoms with Gasteiger partial charge in [0.25, 0.3) is 0 Å². The Balaban J connectivity index is 1.30. The zero-order valence-corrected chi connectivity index (χ0v) is 19.9. The summed E-state index contributed by atoms with van der Waals surface area (Å²) in [6.07, 6.45) is 8.54. The van der Waals surface area contributed by atoms with Gasteiger partial charge in [-0.1, -0.05) is 27.5 Å². The Morgan fingerprint density at radius 2 is 1.83 bits per heavy atom. The molecule has 0 radical (unpaired) electrons. The maximum atomic E-state index is 11.9. The first-order valence-corrected chi connectivity index (χ1v) is 12.1. The van der Waals surface area contributed by atoms with Crippen LogP contribution in [0.1, 0.15) is 44.1 Å². The van der Waals surface area contributed by atoms with Gasteiger partial charge in [-0.25, -0.2) is 0 Å². The first kappa shape index (κ1) is 23.1. The molecule has 1 aromatic rings. The van der Waals surface area contributed by atoms with Crippen molar-refractivity contribution in [3.63, 3.8) is 0 Å². The molecule has 29 heavy (non-hydrogen) atoms. The summed E-state index contributed by atoms with van der Waals surface area (Å²) in [5.74, 6) is 1.67. The van der Waals surface area contributed by atoms with Gasteiger partial charge in [0.2, 0.25) is 5.91 Å². The number of hydrogen-bond donors (Lipinski definition) is 0. The van der Waals surface area contributed by atoms with Gasteiger partial charge >= 0.3 is 0 Å². The van der Waals surface area contributed by atoms with Crippen molar-refractivity contribution in [3.8, 4) is 0 Å². The van der Waals surface area contributed by atoms with E-state index >= 15 is 0 Å². The molecule has 6 heteroatoms. The third-order valence-corrected chi connectivity index (χ3v) is 7.55. The lowest BCUT2D eigenvalue weighted by atomic mass is 9.89. The van der Waals surface area contributed by atoms with Crippen LogP contribution in [0.25, 0.3) is 0 Å². The predicted octanol–water partition coefficient (Wildman–Crippen LogP) is 5.02. The molecule has 1 aromatic carbocycles. The van der Waals surface area contributed by atoms with Crippen LogP contribution >= 0.6 is 27.5 Å². The Hall–Kier alpha value is -0.620. The third kappa shape index (κ3) is 7.23. The van der Waals surface area contributed by atoms with Gasteiger partial charge in [0, 0.05) is 29.7 Å². The van der Waals surface area contributed by atoms with Crippen molar-refractivity contribution in [2.45, 2.75) is 44.9 Å². The highest BCUT2D eigenvalue weighted by Crippen LogP contribution is 2.28. The number of benzene rings is 1. The van der Waals surface area contributed by atoms with Gasteiger partial charge in [-0.2, -0.15) is 0 Å². The molecule has 3 rings (SSSR count). The second-order valence-electron chi connectivity index (χ2n) is 8.62. The number of rotatable bonds is 8. The summed E-state index contributed by atoms with van der Waals surface area (Å²) >= 11 is 9.83. The third-order valence-electron chi connectivity index (χ3n) is 6.55. The molecule has 2 fully saturated rings. The number of methoxy groups -OCH3 is 1. The Bertz CT molecular complexity index is 656. The lowest BCUT2D eigenvalue weighted by molar-refractivity contribution is -0.136. The van der Waals surface area contributed by atoms with Gasteiger partial charge < -0.3 is 14.5 Å². The van der Waals surface area contributed by atoms with E-state index in [4.69, 9.17) is 16.3 Å². The summed E-state index contributed by atoms with van der Waals surface area (Å²) in [4.78, 5) is 16.5. The molecule has 2 saturated heterocycles. The SMILES string of the molecule is COCC(=O)N1CCC(CCCN2CCC(Cc3cc(Cl)ccc3Br)CC2)CC1. The number of ether oxygens (including phenoxy) is 1. The number of amides is 1. The van der Waals surface area contributed by atoms with E-state index < -0.39 is 0 Å². The van der Waals surface area contributed by atoms with Crippen LogP contribution in [0.2, 0.25) is 5.02 Å². The molecule has 0 spiro atoms. The summed E-state index contributed by atoms with van der Waals surface area (Å²) in [6, 6.07) is 6.11. The molecule has 0 unspecified atom stereocenters. The quantitative estimate of drug-likeness (QED) is 0.518. The minimum Gasteiger partial charge on any atom is -0.375 e. The van der Waals surface area contributed by atoms with Crippen LogP contribution in [0.3, 0.4) is 0 Å². The van der Waals surface area contributed by atoms with Gasteiger partial charge in [0.15, 0.2) is 0 Å². The molecule has 0 bridgehead atoms. The van der Waals surface area contributed by atoms with E-state index in [1.165, 1.54) is 55.4 Å². The topological polar surface area (TPSA) is 32.8 Å². The minimum absolute atomic E-state index is 0.138. The molecule has 4 nitrogen and oxygen atoms in total. The number of nitrogens with zero attached hydrogens (tertiary/aromatic N) is 2. The van der Waals surface area contributed by atoms with Gasteiger partial charge in [-0.05, 0) is 100 Å². The van der Waals surface area contributed by atoms with Crippen LogP contribution in [0.4, 0.5) is 0 Å². The first-order chi connectivity index (χ1) is 14.0. The Kier molecular flexibility index (Phi) is 9.29. The summed E-state index contributed by atoms with van der Waals surface area (Å²) in [7, 11) is 1.59. The number of carbonyl (C=O) groups excluding carboxylic acids is 1. The molecular formula is C23H34BrClN2O2. The van der Waals surface area contributed by atoms with Gasteiger partial charge in [-0.3, -0.25) is 4.79 Å². The largest absolute Gasteiger partial charge is 0.375 e. The molecule has 0 saturated carbocycles. The lowest BCUT2D eigenvalue weighted by Gasteiger charge is -2.34. The second kappa shape index (κ2) is 11.7. The summed E-state index contributed by atoms with van der Waals surface area (Å²) in [5, 5.41) is 0.828. The van der Waals surface area contributed by atoms with Gasteiger partial charge in [-0.15, -0.1) is 0 Å². The Morgan fingerprint density at radius 1 is 1.14 bits per heavy atom.